The van der Waals surface area contributed by atoms with Crippen LogP contribution in [-0.4, -0.2) is 37.6 Å². The summed E-state index contributed by atoms with van der Waals surface area (Å²) in [5.74, 6) is 1.87. The molecule has 0 amide bonds. The van der Waals surface area contributed by atoms with E-state index in [2.05, 4.69) is 38.0 Å². The van der Waals surface area contributed by atoms with E-state index in [0.717, 1.165) is 17.9 Å². The first-order chi connectivity index (χ1) is 9.00. The Morgan fingerprint density at radius 2 is 1.53 bits per heavy atom. The monoisotopic (exact) mass is 266 g/mol. The molecule has 19 heavy (non-hydrogen) atoms. The Bertz CT molecular complexity index is 253. The molecule has 1 heterocycles. The fourth-order valence-corrected chi connectivity index (χ4v) is 4.12. The fraction of sp³-hybridized carbons (Fsp3) is 1.00. The van der Waals surface area contributed by atoms with Crippen molar-refractivity contribution in [3.63, 3.8) is 0 Å². The molecule has 1 aliphatic heterocycles. The second kappa shape index (κ2) is 6.58. The SMILES string of the molecule is CNCC1CCN(C2CCC(C(C)(C)C)CC2)CC1. The molecule has 0 spiro atoms. The molecule has 112 valence electrons. The van der Waals surface area contributed by atoms with Gasteiger partial charge in [-0.3, -0.25) is 0 Å². The number of nitrogens with one attached hydrogen (secondary N) is 1. The standard InChI is InChI=1S/C17H34N2/c1-17(2,3)15-5-7-16(8-6-15)19-11-9-14(10-12-19)13-18-4/h14-16,18H,5-13H2,1-4H3. The number of rotatable bonds is 3. The Morgan fingerprint density at radius 3 is 2.00 bits per heavy atom. The normalized spacial score (nSPS) is 31.6. The van der Waals surface area contributed by atoms with E-state index in [4.69, 9.17) is 0 Å². The molecule has 1 aliphatic carbocycles. The molecule has 2 rings (SSSR count). The number of hydrogen-bond acceptors (Lipinski definition) is 2. The van der Waals surface area contributed by atoms with Gasteiger partial charge >= 0.3 is 0 Å². The predicted molar refractivity (Wildman–Crippen MR) is 83.4 cm³/mol. The van der Waals surface area contributed by atoms with Gasteiger partial charge in [-0.25, -0.2) is 0 Å². The van der Waals surface area contributed by atoms with E-state index in [-0.39, 0.29) is 0 Å². The lowest BCUT2D eigenvalue weighted by Crippen LogP contribution is -2.45. The number of likely N-dealkylation sites (tertiary alicyclic amines) is 1. The summed E-state index contributed by atoms with van der Waals surface area (Å²) in [5.41, 5.74) is 0.519. The maximum absolute atomic E-state index is 3.34. The second-order valence-corrected chi connectivity index (χ2v) is 7.91. The first-order valence-corrected chi connectivity index (χ1v) is 8.39. The molecule has 0 bridgehead atoms. The summed E-state index contributed by atoms with van der Waals surface area (Å²) >= 11 is 0. The maximum atomic E-state index is 3.34. The van der Waals surface area contributed by atoms with Crippen LogP contribution < -0.4 is 5.32 Å². The summed E-state index contributed by atoms with van der Waals surface area (Å²) in [4.78, 5) is 2.80. The van der Waals surface area contributed by atoms with E-state index in [9.17, 15) is 0 Å². The van der Waals surface area contributed by atoms with Gasteiger partial charge in [-0.05, 0) is 82.5 Å². The summed E-state index contributed by atoms with van der Waals surface area (Å²) in [6.45, 7) is 11.2. The zero-order valence-corrected chi connectivity index (χ0v) is 13.5. The van der Waals surface area contributed by atoms with Crippen molar-refractivity contribution in [1.82, 2.24) is 10.2 Å². The Morgan fingerprint density at radius 1 is 0.947 bits per heavy atom. The van der Waals surface area contributed by atoms with E-state index in [1.54, 1.807) is 0 Å². The van der Waals surface area contributed by atoms with Crippen molar-refractivity contribution in [2.24, 2.45) is 17.3 Å². The average molecular weight is 266 g/mol. The predicted octanol–water partition coefficient (Wildman–Crippen LogP) is 3.52. The highest BCUT2D eigenvalue weighted by atomic mass is 15.2. The molecular weight excluding hydrogens is 232 g/mol. The van der Waals surface area contributed by atoms with Gasteiger partial charge in [0.05, 0.1) is 0 Å². The van der Waals surface area contributed by atoms with Gasteiger partial charge in [-0.2, -0.15) is 0 Å². The smallest absolute Gasteiger partial charge is 0.00954 e. The van der Waals surface area contributed by atoms with E-state index in [0.29, 0.717) is 5.41 Å². The van der Waals surface area contributed by atoms with Crippen LogP contribution in [0.3, 0.4) is 0 Å². The van der Waals surface area contributed by atoms with Crippen molar-refractivity contribution in [2.75, 3.05) is 26.7 Å². The Labute approximate surface area is 120 Å². The average Bonchev–Trinajstić information content (AvgIpc) is 2.39. The minimum Gasteiger partial charge on any atom is -0.319 e. The summed E-state index contributed by atoms with van der Waals surface area (Å²) in [5, 5.41) is 3.34. The van der Waals surface area contributed by atoms with Crippen molar-refractivity contribution < 1.29 is 0 Å². The Hall–Kier alpha value is -0.0800. The van der Waals surface area contributed by atoms with Gasteiger partial charge < -0.3 is 10.2 Å². The van der Waals surface area contributed by atoms with Gasteiger partial charge in [0.25, 0.3) is 0 Å². The quantitative estimate of drug-likeness (QED) is 0.841. The largest absolute Gasteiger partial charge is 0.319 e. The molecule has 0 unspecified atom stereocenters. The van der Waals surface area contributed by atoms with Crippen molar-refractivity contribution >= 4 is 0 Å². The molecular formula is C17H34N2. The van der Waals surface area contributed by atoms with Crippen LogP contribution in [0.1, 0.15) is 59.3 Å². The lowest BCUT2D eigenvalue weighted by atomic mass is 9.71. The highest BCUT2D eigenvalue weighted by molar-refractivity contribution is 4.86. The van der Waals surface area contributed by atoms with Crippen molar-refractivity contribution in [3.8, 4) is 0 Å². The lowest BCUT2D eigenvalue weighted by molar-refractivity contribution is 0.0705. The first-order valence-electron chi connectivity index (χ1n) is 8.39. The molecule has 0 radical (unpaired) electrons. The Kier molecular flexibility index (Phi) is 5.30. The van der Waals surface area contributed by atoms with Crippen LogP contribution in [0.25, 0.3) is 0 Å². The van der Waals surface area contributed by atoms with E-state index < -0.39 is 0 Å². The molecule has 2 nitrogen and oxygen atoms in total. The van der Waals surface area contributed by atoms with E-state index >= 15 is 0 Å². The van der Waals surface area contributed by atoms with Gasteiger partial charge in [-0.1, -0.05) is 20.8 Å². The van der Waals surface area contributed by atoms with Crippen LogP contribution >= 0.6 is 0 Å². The third-order valence-electron chi connectivity index (χ3n) is 5.58. The molecule has 0 aromatic heterocycles. The minimum atomic E-state index is 0.519. The molecule has 0 aromatic carbocycles. The minimum absolute atomic E-state index is 0.519. The number of piperidine rings is 1. The van der Waals surface area contributed by atoms with Crippen molar-refractivity contribution in [3.05, 3.63) is 0 Å². The van der Waals surface area contributed by atoms with Gasteiger partial charge in [0.1, 0.15) is 0 Å². The lowest BCUT2D eigenvalue weighted by Gasteiger charge is -2.43. The van der Waals surface area contributed by atoms with Gasteiger partial charge in [0.15, 0.2) is 0 Å². The zero-order chi connectivity index (χ0) is 13.9. The van der Waals surface area contributed by atoms with E-state index in [1.165, 1.54) is 58.2 Å². The zero-order valence-electron chi connectivity index (χ0n) is 13.5. The summed E-state index contributed by atoms with van der Waals surface area (Å²) < 4.78 is 0. The molecule has 2 fully saturated rings. The molecule has 2 heteroatoms. The number of nitrogens with zero attached hydrogens (tertiary/aromatic N) is 1. The first kappa shape index (κ1) is 15.3. The molecule has 1 N–H and O–H groups in total. The topological polar surface area (TPSA) is 15.3 Å². The molecule has 1 saturated heterocycles. The molecule has 1 saturated carbocycles. The summed E-state index contributed by atoms with van der Waals surface area (Å²) in [6, 6.07) is 0.897. The third-order valence-corrected chi connectivity index (χ3v) is 5.58. The molecule has 0 atom stereocenters. The Balaban J connectivity index is 1.74. The van der Waals surface area contributed by atoms with Crippen LogP contribution in [0.4, 0.5) is 0 Å². The van der Waals surface area contributed by atoms with Crippen LogP contribution in [-0.2, 0) is 0 Å². The highest BCUT2D eigenvalue weighted by Gasteiger charge is 2.33. The van der Waals surface area contributed by atoms with Gasteiger partial charge in [0.2, 0.25) is 0 Å². The third kappa shape index (κ3) is 4.19. The van der Waals surface area contributed by atoms with Crippen LogP contribution in [0, 0.1) is 17.3 Å². The second-order valence-electron chi connectivity index (χ2n) is 7.91. The molecule has 0 aromatic rings. The van der Waals surface area contributed by atoms with E-state index in [1.807, 2.05) is 0 Å². The van der Waals surface area contributed by atoms with Crippen LogP contribution in [0.5, 0.6) is 0 Å². The fourth-order valence-electron chi connectivity index (χ4n) is 4.12. The van der Waals surface area contributed by atoms with Crippen molar-refractivity contribution in [2.45, 2.75) is 65.3 Å². The number of hydrogen-bond donors (Lipinski definition) is 1. The summed E-state index contributed by atoms with van der Waals surface area (Å²) in [6.07, 6.45) is 8.59. The van der Waals surface area contributed by atoms with Crippen LogP contribution in [0.15, 0.2) is 0 Å². The van der Waals surface area contributed by atoms with Gasteiger partial charge in [0, 0.05) is 6.04 Å². The summed E-state index contributed by atoms with van der Waals surface area (Å²) in [7, 11) is 2.08. The highest BCUT2D eigenvalue weighted by Crippen LogP contribution is 2.39. The van der Waals surface area contributed by atoms with Gasteiger partial charge in [-0.15, -0.1) is 0 Å². The molecule has 2 aliphatic rings. The van der Waals surface area contributed by atoms with Crippen molar-refractivity contribution in [1.29, 1.82) is 0 Å². The maximum Gasteiger partial charge on any atom is 0.00954 e. The van der Waals surface area contributed by atoms with Crippen LogP contribution in [0.2, 0.25) is 0 Å².